The Bertz CT molecular complexity index is 196. The van der Waals surface area contributed by atoms with E-state index in [0.717, 1.165) is 6.42 Å². The highest BCUT2D eigenvalue weighted by Crippen LogP contribution is 2.23. The van der Waals surface area contributed by atoms with Crippen LogP contribution in [-0.2, 0) is 4.79 Å². The number of hydrogen-bond acceptors (Lipinski definition) is 4. The molecule has 5 heteroatoms. The topological polar surface area (TPSA) is 69.6 Å². The average Bonchev–Trinajstić information content (AvgIpc) is 2.12. The van der Waals surface area contributed by atoms with Crippen molar-refractivity contribution in [2.45, 2.75) is 39.5 Å². The first-order chi connectivity index (χ1) is 6.35. The van der Waals surface area contributed by atoms with Crippen molar-refractivity contribution in [1.82, 2.24) is 5.32 Å². The van der Waals surface area contributed by atoms with Crippen LogP contribution in [0, 0.1) is 5.41 Å². The summed E-state index contributed by atoms with van der Waals surface area (Å²) >= 11 is 3.90. The fourth-order valence-corrected chi connectivity index (χ4v) is 1.07. The molecular weight excluding hydrogens is 202 g/mol. The fourth-order valence-electron chi connectivity index (χ4n) is 0.812. The van der Waals surface area contributed by atoms with Crippen molar-refractivity contribution < 1.29 is 15.0 Å². The van der Waals surface area contributed by atoms with E-state index >= 15 is 0 Å². The van der Waals surface area contributed by atoms with Crippen LogP contribution in [0.4, 0.5) is 0 Å². The molecule has 0 aliphatic rings. The van der Waals surface area contributed by atoms with Gasteiger partial charge in [0, 0.05) is 11.2 Å². The lowest BCUT2D eigenvalue weighted by Crippen LogP contribution is -2.50. The number of hydrogen-bond donors (Lipinski definition) is 4. The number of thiol groups is 1. The minimum Gasteiger partial charge on any atom is -0.480 e. The standard InChI is InChI=1S/C9H19NO3S/c1-4-9(2,3)8(13)10-6(5-14)7(11)12/h6,8,10,13-14H,4-5H2,1-3H3,(H,11,12)/t6-,8?/m0/s1. The molecule has 0 fully saturated rings. The molecule has 0 amide bonds. The minimum atomic E-state index is -0.994. The van der Waals surface area contributed by atoms with E-state index in [0.29, 0.717) is 0 Å². The van der Waals surface area contributed by atoms with E-state index in [1.54, 1.807) is 0 Å². The lowest BCUT2D eigenvalue weighted by molar-refractivity contribution is -0.140. The summed E-state index contributed by atoms with van der Waals surface area (Å²) in [7, 11) is 0. The second-order valence-electron chi connectivity index (χ2n) is 3.98. The zero-order chi connectivity index (χ0) is 11.4. The molecule has 0 aromatic heterocycles. The summed E-state index contributed by atoms with van der Waals surface area (Å²) in [6.07, 6.45) is -0.0687. The zero-order valence-corrected chi connectivity index (χ0v) is 9.71. The smallest absolute Gasteiger partial charge is 0.321 e. The van der Waals surface area contributed by atoms with Crippen LogP contribution in [0.3, 0.4) is 0 Å². The number of nitrogens with one attached hydrogen (secondary N) is 1. The lowest BCUT2D eigenvalue weighted by Gasteiger charge is -2.31. The van der Waals surface area contributed by atoms with Gasteiger partial charge in [-0.2, -0.15) is 12.6 Å². The Hall–Kier alpha value is -0.260. The molecule has 84 valence electrons. The second-order valence-corrected chi connectivity index (χ2v) is 4.35. The van der Waals surface area contributed by atoms with E-state index in [-0.39, 0.29) is 11.2 Å². The van der Waals surface area contributed by atoms with Gasteiger partial charge in [-0.05, 0) is 6.42 Å². The normalized spacial score (nSPS) is 16.4. The molecule has 0 radical (unpaired) electrons. The summed E-state index contributed by atoms with van der Waals surface area (Å²) in [5, 5.41) is 21.1. The summed E-state index contributed by atoms with van der Waals surface area (Å²) < 4.78 is 0. The van der Waals surface area contributed by atoms with Crippen molar-refractivity contribution in [2.24, 2.45) is 5.41 Å². The molecule has 0 spiro atoms. The summed E-state index contributed by atoms with van der Waals surface area (Å²) in [6, 6.07) is -0.806. The molecule has 0 aliphatic carbocycles. The van der Waals surface area contributed by atoms with Gasteiger partial charge in [-0.3, -0.25) is 10.1 Å². The molecule has 1 unspecified atom stereocenters. The third-order valence-corrected chi connectivity index (χ3v) is 2.86. The summed E-state index contributed by atoms with van der Waals surface area (Å²) in [5.74, 6) is -0.836. The van der Waals surface area contributed by atoms with Crippen molar-refractivity contribution in [2.75, 3.05) is 5.75 Å². The van der Waals surface area contributed by atoms with Gasteiger partial charge in [-0.1, -0.05) is 20.8 Å². The predicted octanol–water partition coefficient (Wildman–Crippen LogP) is 0.714. The molecule has 0 saturated carbocycles. The van der Waals surface area contributed by atoms with Gasteiger partial charge in [0.15, 0.2) is 0 Å². The molecule has 0 heterocycles. The Morgan fingerprint density at radius 1 is 1.57 bits per heavy atom. The van der Waals surface area contributed by atoms with Gasteiger partial charge in [0.05, 0.1) is 0 Å². The highest BCUT2D eigenvalue weighted by molar-refractivity contribution is 7.80. The van der Waals surface area contributed by atoms with Crippen LogP contribution in [0.25, 0.3) is 0 Å². The highest BCUT2D eigenvalue weighted by Gasteiger charge is 2.29. The van der Waals surface area contributed by atoms with E-state index < -0.39 is 18.2 Å². The Balaban J connectivity index is 4.29. The fraction of sp³-hybridized carbons (Fsp3) is 0.889. The van der Waals surface area contributed by atoms with Gasteiger partial charge in [-0.15, -0.1) is 0 Å². The highest BCUT2D eigenvalue weighted by atomic mass is 32.1. The maximum atomic E-state index is 10.7. The Labute approximate surface area is 90.1 Å². The minimum absolute atomic E-state index is 0.159. The van der Waals surface area contributed by atoms with Crippen LogP contribution < -0.4 is 5.32 Å². The predicted molar refractivity (Wildman–Crippen MR) is 58.5 cm³/mol. The first kappa shape index (κ1) is 13.7. The van der Waals surface area contributed by atoms with Crippen LogP contribution in [0.2, 0.25) is 0 Å². The van der Waals surface area contributed by atoms with Crippen molar-refractivity contribution in [1.29, 1.82) is 0 Å². The van der Waals surface area contributed by atoms with E-state index in [1.807, 2.05) is 20.8 Å². The van der Waals surface area contributed by atoms with Crippen LogP contribution in [0.1, 0.15) is 27.2 Å². The molecule has 14 heavy (non-hydrogen) atoms. The monoisotopic (exact) mass is 221 g/mol. The molecule has 0 rings (SSSR count). The first-order valence-electron chi connectivity index (χ1n) is 4.63. The molecule has 0 aromatic carbocycles. The summed E-state index contributed by atoms with van der Waals surface area (Å²) in [6.45, 7) is 5.70. The molecule has 4 nitrogen and oxygen atoms in total. The van der Waals surface area contributed by atoms with Crippen LogP contribution >= 0.6 is 12.6 Å². The molecule has 0 aliphatic heterocycles. The third-order valence-electron chi connectivity index (χ3n) is 2.49. The molecule has 0 saturated heterocycles. The number of aliphatic hydroxyl groups is 1. The van der Waals surface area contributed by atoms with E-state index in [9.17, 15) is 9.90 Å². The average molecular weight is 221 g/mol. The maximum absolute atomic E-state index is 10.7. The quantitative estimate of drug-likeness (QED) is 0.394. The molecular formula is C9H19NO3S. The van der Waals surface area contributed by atoms with Crippen LogP contribution in [0.5, 0.6) is 0 Å². The Morgan fingerprint density at radius 2 is 2.07 bits per heavy atom. The van der Waals surface area contributed by atoms with Gasteiger partial charge in [0.25, 0.3) is 0 Å². The van der Waals surface area contributed by atoms with Gasteiger partial charge < -0.3 is 10.2 Å². The number of aliphatic hydroxyl groups excluding tert-OH is 1. The number of rotatable bonds is 6. The molecule has 0 bridgehead atoms. The number of carbonyl (C=O) groups is 1. The van der Waals surface area contributed by atoms with Gasteiger partial charge in [0.1, 0.15) is 12.3 Å². The number of aliphatic carboxylic acids is 1. The van der Waals surface area contributed by atoms with Gasteiger partial charge >= 0.3 is 5.97 Å². The van der Waals surface area contributed by atoms with Crippen LogP contribution in [0.15, 0.2) is 0 Å². The third kappa shape index (κ3) is 3.86. The lowest BCUT2D eigenvalue weighted by atomic mass is 9.88. The zero-order valence-electron chi connectivity index (χ0n) is 8.82. The summed E-state index contributed by atoms with van der Waals surface area (Å²) in [4.78, 5) is 10.7. The van der Waals surface area contributed by atoms with E-state index in [1.165, 1.54) is 0 Å². The Kier molecular flexibility index (Phi) is 5.48. The van der Waals surface area contributed by atoms with E-state index in [2.05, 4.69) is 17.9 Å². The van der Waals surface area contributed by atoms with E-state index in [4.69, 9.17) is 5.11 Å². The summed E-state index contributed by atoms with van der Waals surface area (Å²) in [5.41, 5.74) is -0.337. The maximum Gasteiger partial charge on any atom is 0.321 e. The second kappa shape index (κ2) is 5.58. The molecule has 0 aromatic rings. The number of carboxylic acids is 1. The molecule has 3 N–H and O–H groups in total. The Morgan fingerprint density at radius 3 is 2.36 bits per heavy atom. The number of carboxylic acid groups (broad SMARTS) is 1. The van der Waals surface area contributed by atoms with Crippen molar-refractivity contribution in [3.05, 3.63) is 0 Å². The largest absolute Gasteiger partial charge is 0.480 e. The van der Waals surface area contributed by atoms with Crippen LogP contribution in [-0.4, -0.2) is 34.2 Å². The van der Waals surface area contributed by atoms with Crippen molar-refractivity contribution >= 4 is 18.6 Å². The SMILES string of the molecule is CCC(C)(C)C(O)N[C@@H](CS)C(=O)O. The van der Waals surface area contributed by atoms with Gasteiger partial charge in [-0.25, -0.2) is 0 Å². The molecule has 2 atom stereocenters. The van der Waals surface area contributed by atoms with Gasteiger partial charge in [0.2, 0.25) is 0 Å². The van der Waals surface area contributed by atoms with Crippen molar-refractivity contribution in [3.8, 4) is 0 Å². The first-order valence-corrected chi connectivity index (χ1v) is 5.26. The van der Waals surface area contributed by atoms with Crippen molar-refractivity contribution in [3.63, 3.8) is 0 Å².